The number of ether oxygens (including phenoxy) is 2. The Labute approximate surface area is 164 Å². The van der Waals surface area contributed by atoms with Gasteiger partial charge in [0.2, 0.25) is 0 Å². The zero-order chi connectivity index (χ0) is 18.6. The third-order valence-corrected chi connectivity index (χ3v) is 3.82. The number of halogens is 1. The molecule has 0 aliphatic rings. The van der Waals surface area contributed by atoms with E-state index in [4.69, 9.17) is 9.47 Å². The first-order valence-electron chi connectivity index (χ1n) is 8.47. The van der Waals surface area contributed by atoms with Crippen molar-refractivity contribution in [2.24, 2.45) is 0 Å². The SMILES string of the molecule is CCn1c(CNC(=O)OC(C)(C)C)[n+](CCO)c2ccc(OC)cc21.[Br-]. The maximum absolute atomic E-state index is 12.0. The fourth-order valence-corrected chi connectivity index (χ4v) is 2.86. The Bertz CT molecular complexity index is 753. The molecule has 0 spiro atoms. The van der Waals surface area contributed by atoms with Gasteiger partial charge < -0.3 is 36.9 Å². The summed E-state index contributed by atoms with van der Waals surface area (Å²) in [7, 11) is 1.63. The molecule has 7 nitrogen and oxygen atoms in total. The number of carbonyl (C=O) groups is 1. The Morgan fingerprint density at radius 3 is 2.58 bits per heavy atom. The number of nitrogens with one attached hydrogen (secondary N) is 1. The molecule has 2 aromatic rings. The number of aryl methyl sites for hydroxylation is 1. The Morgan fingerprint density at radius 2 is 2.04 bits per heavy atom. The number of methoxy groups -OCH3 is 1. The van der Waals surface area contributed by atoms with Crippen molar-refractivity contribution in [3.63, 3.8) is 0 Å². The molecule has 0 radical (unpaired) electrons. The lowest BCUT2D eigenvalue weighted by molar-refractivity contribution is -0.681. The van der Waals surface area contributed by atoms with Crippen molar-refractivity contribution in [1.82, 2.24) is 9.88 Å². The number of carbonyl (C=O) groups excluding carboxylic acids is 1. The van der Waals surface area contributed by atoms with Crippen LogP contribution in [0.15, 0.2) is 18.2 Å². The van der Waals surface area contributed by atoms with Crippen molar-refractivity contribution >= 4 is 17.1 Å². The van der Waals surface area contributed by atoms with Crippen LogP contribution >= 0.6 is 0 Å². The van der Waals surface area contributed by atoms with Crippen molar-refractivity contribution in [3.8, 4) is 5.75 Å². The predicted octanol–water partition coefficient (Wildman–Crippen LogP) is -1.02. The van der Waals surface area contributed by atoms with Gasteiger partial charge in [0, 0.05) is 6.07 Å². The fourth-order valence-electron chi connectivity index (χ4n) is 2.86. The molecule has 1 amide bonds. The molecule has 0 saturated carbocycles. The van der Waals surface area contributed by atoms with Crippen LogP contribution in [0.25, 0.3) is 11.0 Å². The average molecular weight is 430 g/mol. The predicted molar refractivity (Wildman–Crippen MR) is 94.5 cm³/mol. The lowest BCUT2D eigenvalue weighted by Crippen LogP contribution is -3.00. The molecular formula is C18H28BrN3O4. The van der Waals surface area contributed by atoms with E-state index in [1.807, 2.05) is 50.5 Å². The van der Waals surface area contributed by atoms with E-state index in [2.05, 4.69) is 9.88 Å². The van der Waals surface area contributed by atoms with Gasteiger partial charge in [0.25, 0.3) is 5.82 Å². The molecule has 2 rings (SSSR count). The number of amides is 1. The van der Waals surface area contributed by atoms with Crippen LogP contribution in [0.5, 0.6) is 5.75 Å². The van der Waals surface area contributed by atoms with Gasteiger partial charge in [-0.3, -0.25) is 0 Å². The van der Waals surface area contributed by atoms with Crippen LogP contribution in [-0.2, 0) is 24.4 Å². The normalized spacial score (nSPS) is 11.2. The zero-order valence-electron chi connectivity index (χ0n) is 16.0. The lowest BCUT2D eigenvalue weighted by Gasteiger charge is -2.19. The zero-order valence-corrected chi connectivity index (χ0v) is 17.6. The minimum absolute atomic E-state index is 0. The highest BCUT2D eigenvalue weighted by Gasteiger charge is 2.25. The van der Waals surface area contributed by atoms with Crippen LogP contribution in [0.2, 0.25) is 0 Å². The monoisotopic (exact) mass is 429 g/mol. The maximum atomic E-state index is 12.0. The Hall–Kier alpha value is -1.80. The van der Waals surface area contributed by atoms with Gasteiger partial charge in [-0.15, -0.1) is 0 Å². The first-order valence-corrected chi connectivity index (χ1v) is 8.47. The van der Waals surface area contributed by atoms with E-state index >= 15 is 0 Å². The second kappa shape index (κ2) is 9.23. The number of fused-ring (bicyclic) bond motifs is 1. The topological polar surface area (TPSA) is 76.6 Å². The summed E-state index contributed by atoms with van der Waals surface area (Å²) in [5.41, 5.74) is 1.43. The largest absolute Gasteiger partial charge is 1.00 e. The molecular weight excluding hydrogens is 402 g/mol. The van der Waals surface area contributed by atoms with E-state index < -0.39 is 11.7 Å². The van der Waals surface area contributed by atoms with Gasteiger partial charge in [-0.1, -0.05) is 0 Å². The summed E-state index contributed by atoms with van der Waals surface area (Å²) in [6, 6.07) is 5.82. The third-order valence-electron chi connectivity index (χ3n) is 3.82. The Balaban J connectivity index is 0.00000338. The molecule has 1 aromatic heterocycles. The number of hydrogen-bond acceptors (Lipinski definition) is 4. The molecule has 0 aliphatic carbocycles. The highest BCUT2D eigenvalue weighted by Crippen LogP contribution is 2.21. The number of aliphatic hydroxyl groups excluding tert-OH is 1. The summed E-state index contributed by atoms with van der Waals surface area (Å²) in [6.45, 7) is 9.02. The minimum atomic E-state index is -0.546. The van der Waals surface area contributed by atoms with Gasteiger partial charge in [-0.05, 0) is 39.8 Å². The third kappa shape index (κ3) is 5.11. The van der Waals surface area contributed by atoms with Gasteiger partial charge in [0.15, 0.2) is 11.0 Å². The quantitative estimate of drug-likeness (QED) is 0.576. The molecule has 0 atom stereocenters. The summed E-state index contributed by atoms with van der Waals surface area (Å²) >= 11 is 0. The minimum Gasteiger partial charge on any atom is -1.00 e. The molecule has 0 saturated heterocycles. The number of nitrogens with zero attached hydrogens (tertiary/aromatic N) is 2. The lowest BCUT2D eigenvalue weighted by atomic mass is 10.2. The standard InChI is InChI=1S/C18H27N3O4.BrH/c1-6-20-15-11-13(24-5)7-8-14(15)21(9-10-22)16(20)12-19-17(23)25-18(2,3)4;/h7-8,11,22H,6,9-10,12H2,1-5H3;1H. The molecule has 1 heterocycles. The second-order valence-electron chi connectivity index (χ2n) is 6.75. The Kier molecular flexibility index (Phi) is 7.89. The van der Waals surface area contributed by atoms with Gasteiger partial charge in [-0.25, -0.2) is 13.9 Å². The first kappa shape index (κ1) is 22.2. The molecule has 0 fully saturated rings. The van der Waals surface area contributed by atoms with Crippen LogP contribution < -0.4 is 31.6 Å². The number of rotatable bonds is 6. The van der Waals surface area contributed by atoms with Crippen molar-refractivity contribution < 1.29 is 40.9 Å². The van der Waals surface area contributed by atoms with E-state index in [1.54, 1.807) is 7.11 Å². The first-order chi connectivity index (χ1) is 11.8. The van der Waals surface area contributed by atoms with Gasteiger partial charge >= 0.3 is 6.09 Å². The number of aliphatic hydroxyl groups is 1. The van der Waals surface area contributed by atoms with Crippen LogP contribution in [0.1, 0.15) is 33.5 Å². The molecule has 8 heteroatoms. The molecule has 146 valence electrons. The van der Waals surface area contributed by atoms with E-state index in [9.17, 15) is 9.90 Å². The van der Waals surface area contributed by atoms with Gasteiger partial charge in [0.05, 0.1) is 20.3 Å². The summed E-state index contributed by atoms with van der Waals surface area (Å²) in [5.74, 6) is 1.66. The molecule has 26 heavy (non-hydrogen) atoms. The summed E-state index contributed by atoms with van der Waals surface area (Å²) in [4.78, 5) is 12.0. The van der Waals surface area contributed by atoms with Crippen LogP contribution in [0.3, 0.4) is 0 Å². The average Bonchev–Trinajstić information content (AvgIpc) is 2.83. The smallest absolute Gasteiger partial charge is 0.408 e. The molecule has 0 unspecified atom stereocenters. The number of benzene rings is 1. The van der Waals surface area contributed by atoms with E-state index in [0.29, 0.717) is 13.1 Å². The fraction of sp³-hybridized carbons (Fsp3) is 0.556. The number of hydrogen-bond donors (Lipinski definition) is 2. The highest BCUT2D eigenvalue weighted by molar-refractivity contribution is 5.74. The summed E-state index contributed by atoms with van der Waals surface area (Å²) in [5, 5.41) is 12.3. The van der Waals surface area contributed by atoms with Crippen LogP contribution in [0.4, 0.5) is 4.79 Å². The Morgan fingerprint density at radius 1 is 1.35 bits per heavy atom. The van der Waals surface area contributed by atoms with E-state index in [1.165, 1.54) is 0 Å². The van der Waals surface area contributed by atoms with Gasteiger partial charge in [0.1, 0.15) is 24.4 Å². The summed E-state index contributed by atoms with van der Waals surface area (Å²) in [6.07, 6.45) is -0.464. The van der Waals surface area contributed by atoms with Crippen molar-refractivity contribution in [3.05, 3.63) is 24.0 Å². The number of alkyl carbamates (subject to hydrolysis) is 1. The second-order valence-corrected chi connectivity index (χ2v) is 6.75. The maximum Gasteiger partial charge on any atom is 0.408 e. The van der Waals surface area contributed by atoms with Gasteiger partial charge in [-0.2, -0.15) is 0 Å². The number of imidazole rings is 1. The van der Waals surface area contributed by atoms with Crippen LogP contribution in [0, 0.1) is 0 Å². The highest BCUT2D eigenvalue weighted by atomic mass is 79.9. The summed E-state index contributed by atoms with van der Waals surface area (Å²) < 4.78 is 14.7. The molecule has 1 aromatic carbocycles. The van der Waals surface area contributed by atoms with Crippen molar-refractivity contribution in [1.29, 1.82) is 0 Å². The van der Waals surface area contributed by atoms with Crippen molar-refractivity contribution in [2.75, 3.05) is 13.7 Å². The molecule has 0 aliphatic heterocycles. The molecule has 2 N–H and O–H groups in total. The van der Waals surface area contributed by atoms with Crippen LogP contribution in [-0.4, -0.2) is 35.1 Å². The van der Waals surface area contributed by atoms with Crippen molar-refractivity contribution in [2.45, 2.75) is 52.9 Å². The van der Waals surface area contributed by atoms with E-state index in [0.717, 1.165) is 29.2 Å². The number of aromatic nitrogens is 2. The van der Waals surface area contributed by atoms with E-state index in [-0.39, 0.29) is 23.6 Å². The molecule has 0 bridgehead atoms.